The highest BCUT2D eigenvalue weighted by Crippen LogP contribution is 2.18. The zero-order valence-corrected chi connectivity index (χ0v) is 13.8. The molecule has 3 rings (SSSR count). The normalized spacial score (nSPS) is 11.0. The Bertz CT molecular complexity index is 765. The topological polar surface area (TPSA) is 39.9 Å². The molecular weight excluding hydrogens is 286 g/mol. The van der Waals surface area contributed by atoms with Gasteiger partial charge in [-0.3, -0.25) is 4.98 Å². The summed E-state index contributed by atoms with van der Waals surface area (Å²) < 4.78 is 8.08. The number of aryl methyl sites for hydroxylation is 3. The summed E-state index contributed by atoms with van der Waals surface area (Å²) in [5, 5.41) is 0. The summed E-state index contributed by atoms with van der Waals surface area (Å²) in [7, 11) is 0. The highest BCUT2D eigenvalue weighted by Gasteiger charge is 2.09. The molecule has 0 aliphatic heterocycles. The van der Waals surface area contributed by atoms with Gasteiger partial charge in [-0.25, -0.2) is 4.98 Å². The third-order valence-corrected chi connectivity index (χ3v) is 3.95. The molecule has 0 aliphatic rings. The van der Waals surface area contributed by atoms with Crippen molar-refractivity contribution in [2.45, 2.75) is 39.7 Å². The number of nitrogens with zero attached hydrogens (tertiary/aromatic N) is 3. The second-order valence-electron chi connectivity index (χ2n) is 5.72. The molecule has 0 N–H and O–H groups in total. The fourth-order valence-corrected chi connectivity index (χ4v) is 2.78. The molecule has 0 aliphatic carbocycles. The van der Waals surface area contributed by atoms with Crippen LogP contribution in [-0.4, -0.2) is 21.1 Å². The van der Waals surface area contributed by atoms with Gasteiger partial charge in [0, 0.05) is 18.7 Å². The van der Waals surface area contributed by atoms with Crippen molar-refractivity contribution in [1.82, 2.24) is 14.5 Å². The maximum absolute atomic E-state index is 5.75. The molecule has 0 atom stereocenters. The summed E-state index contributed by atoms with van der Waals surface area (Å²) >= 11 is 0. The number of fused-ring (bicyclic) bond motifs is 1. The van der Waals surface area contributed by atoms with Crippen LogP contribution in [0.3, 0.4) is 0 Å². The van der Waals surface area contributed by atoms with Crippen LogP contribution in [0.25, 0.3) is 11.0 Å². The second-order valence-corrected chi connectivity index (χ2v) is 5.72. The van der Waals surface area contributed by atoms with E-state index in [1.54, 1.807) is 0 Å². The average molecular weight is 309 g/mol. The molecule has 0 spiro atoms. The number of ether oxygens (including phenoxy) is 1. The quantitative estimate of drug-likeness (QED) is 0.615. The van der Waals surface area contributed by atoms with E-state index in [2.05, 4.69) is 27.5 Å². The standard InChI is InChI=1S/C19H23N3O/c1-3-19-21-17-14-20-15(2)13-18(17)22(19)11-7-8-12-23-16-9-5-4-6-10-16/h4-6,9-10,13-14H,3,7-8,11-12H2,1-2H3. The Morgan fingerprint density at radius 2 is 1.96 bits per heavy atom. The Labute approximate surface area is 137 Å². The van der Waals surface area contributed by atoms with Gasteiger partial charge in [0.2, 0.25) is 0 Å². The van der Waals surface area contributed by atoms with Crippen molar-refractivity contribution < 1.29 is 4.74 Å². The molecular formula is C19H23N3O. The molecule has 4 nitrogen and oxygen atoms in total. The molecule has 23 heavy (non-hydrogen) atoms. The van der Waals surface area contributed by atoms with Gasteiger partial charge in [-0.05, 0) is 38.0 Å². The zero-order chi connectivity index (χ0) is 16.1. The van der Waals surface area contributed by atoms with Gasteiger partial charge < -0.3 is 9.30 Å². The van der Waals surface area contributed by atoms with Gasteiger partial charge in [-0.2, -0.15) is 0 Å². The van der Waals surface area contributed by atoms with Crippen LogP contribution in [0, 0.1) is 6.92 Å². The van der Waals surface area contributed by atoms with Gasteiger partial charge >= 0.3 is 0 Å². The zero-order valence-electron chi connectivity index (χ0n) is 13.8. The Morgan fingerprint density at radius 3 is 2.74 bits per heavy atom. The van der Waals surface area contributed by atoms with Crippen molar-refractivity contribution in [3.63, 3.8) is 0 Å². The van der Waals surface area contributed by atoms with E-state index in [1.807, 2.05) is 43.5 Å². The predicted molar refractivity (Wildman–Crippen MR) is 92.8 cm³/mol. The largest absolute Gasteiger partial charge is 0.494 e. The molecule has 0 unspecified atom stereocenters. The van der Waals surface area contributed by atoms with Crippen LogP contribution in [0.5, 0.6) is 5.75 Å². The lowest BCUT2D eigenvalue weighted by Gasteiger charge is -2.09. The average Bonchev–Trinajstić information content (AvgIpc) is 2.92. The third-order valence-electron chi connectivity index (χ3n) is 3.95. The van der Waals surface area contributed by atoms with Crippen LogP contribution < -0.4 is 4.74 Å². The number of aromatic nitrogens is 3. The number of para-hydroxylation sites is 1. The van der Waals surface area contributed by atoms with E-state index < -0.39 is 0 Å². The van der Waals surface area contributed by atoms with Crippen LogP contribution >= 0.6 is 0 Å². The summed E-state index contributed by atoms with van der Waals surface area (Å²) in [6.45, 7) is 5.90. The summed E-state index contributed by atoms with van der Waals surface area (Å²) in [6.07, 6.45) is 4.92. The number of hydrogen-bond acceptors (Lipinski definition) is 3. The number of hydrogen-bond donors (Lipinski definition) is 0. The number of pyridine rings is 1. The van der Waals surface area contributed by atoms with Gasteiger partial charge in [0.15, 0.2) is 0 Å². The van der Waals surface area contributed by atoms with Gasteiger partial charge in [0.25, 0.3) is 0 Å². The minimum Gasteiger partial charge on any atom is -0.494 e. The number of benzene rings is 1. The summed E-state index contributed by atoms with van der Waals surface area (Å²) in [5.41, 5.74) is 3.22. The first kappa shape index (κ1) is 15.5. The monoisotopic (exact) mass is 309 g/mol. The smallest absolute Gasteiger partial charge is 0.119 e. The highest BCUT2D eigenvalue weighted by atomic mass is 16.5. The molecule has 3 aromatic rings. The molecule has 0 amide bonds. The van der Waals surface area contributed by atoms with E-state index in [0.29, 0.717) is 0 Å². The summed E-state index contributed by atoms with van der Waals surface area (Å²) in [5.74, 6) is 2.08. The van der Waals surface area contributed by atoms with Crippen LogP contribution in [0.1, 0.15) is 31.3 Å². The van der Waals surface area contributed by atoms with E-state index in [1.165, 1.54) is 5.52 Å². The first-order valence-corrected chi connectivity index (χ1v) is 8.27. The summed E-state index contributed by atoms with van der Waals surface area (Å²) in [4.78, 5) is 9.03. The van der Waals surface area contributed by atoms with Gasteiger partial charge in [-0.1, -0.05) is 25.1 Å². The molecule has 2 aromatic heterocycles. The van der Waals surface area contributed by atoms with Gasteiger partial charge in [0.05, 0.1) is 18.3 Å². The molecule has 4 heteroatoms. The van der Waals surface area contributed by atoms with Crippen LogP contribution in [-0.2, 0) is 13.0 Å². The van der Waals surface area contributed by atoms with E-state index in [0.717, 1.165) is 55.2 Å². The van der Waals surface area contributed by atoms with E-state index in [9.17, 15) is 0 Å². The maximum atomic E-state index is 5.75. The van der Waals surface area contributed by atoms with Crippen molar-refractivity contribution in [2.75, 3.05) is 6.61 Å². The fourth-order valence-electron chi connectivity index (χ4n) is 2.78. The molecule has 0 fully saturated rings. The van der Waals surface area contributed by atoms with Crippen molar-refractivity contribution in [1.29, 1.82) is 0 Å². The highest BCUT2D eigenvalue weighted by molar-refractivity contribution is 5.75. The molecule has 0 radical (unpaired) electrons. The lowest BCUT2D eigenvalue weighted by atomic mass is 10.3. The number of rotatable bonds is 7. The van der Waals surface area contributed by atoms with Crippen LogP contribution in [0.4, 0.5) is 0 Å². The second kappa shape index (κ2) is 7.27. The number of unbranched alkanes of at least 4 members (excludes halogenated alkanes) is 1. The van der Waals surface area contributed by atoms with E-state index in [4.69, 9.17) is 4.74 Å². The van der Waals surface area contributed by atoms with Crippen molar-refractivity contribution in [3.8, 4) is 5.75 Å². The molecule has 0 bridgehead atoms. The van der Waals surface area contributed by atoms with Crippen LogP contribution in [0.2, 0.25) is 0 Å². The third kappa shape index (κ3) is 3.70. The Balaban J connectivity index is 1.59. The molecule has 120 valence electrons. The lowest BCUT2D eigenvalue weighted by molar-refractivity contribution is 0.303. The number of imidazole rings is 1. The molecule has 1 aromatic carbocycles. The first-order chi connectivity index (χ1) is 11.3. The van der Waals surface area contributed by atoms with Gasteiger partial charge in [0.1, 0.15) is 17.1 Å². The Hall–Kier alpha value is -2.36. The van der Waals surface area contributed by atoms with Crippen LogP contribution in [0.15, 0.2) is 42.6 Å². The van der Waals surface area contributed by atoms with Crippen molar-refractivity contribution in [2.24, 2.45) is 0 Å². The minimum absolute atomic E-state index is 0.749. The minimum atomic E-state index is 0.749. The Morgan fingerprint density at radius 1 is 1.13 bits per heavy atom. The van der Waals surface area contributed by atoms with E-state index >= 15 is 0 Å². The van der Waals surface area contributed by atoms with Crippen molar-refractivity contribution >= 4 is 11.0 Å². The summed E-state index contributed by atoms with van der Waals surface area (Å²) in [6, 6.07) is 12.1. The lowest BCUT2D eigenvalue weighted by Crippen LogP contribution is -2.05. The molecule has 2 heterocycles. The van der Waals surface area contributed by atoms with Crippen molar-refractivity contribution in [3.05, 3.63) is 54.1 Å². The maximum Gasteiger partial charge on any atom is 0.119 e. The fraction of sp³-hybridized carbons (Fsp3) is 0.368. The predicted octanol–water partition coefficient (Wildman–Crippen LogP) is 4.16. The molecule has 0 saturated heterocycles. The van der Waals surface area contributed by atoms with E-state index in [-0.39, 0.29) is 0 Å². The first-order valence-electron chi connectivity index (χ1n) is 8.27. The Kier molecular flexibility index (Phi) is 4.91. The molecule has 0 saturated carbocycles. The SMILES string of the molecule is CCc1nc2cnc(C)cc2n1CCCCOc1ccccc1. The van der Waals surface area contributed by atoms with Gasteiger partial charge in [-0.15, -0.1) is 0 Å².